The van der Waals surface area contributed by atoms with Crippen molar-refractivity contribution in [3.8, 4) is 6.07 Å². The van der Waals surface area contributed by atoms with Crippen molar-refractivity contribution in [3.63, 3.8) is 0 Å². The van der Waals surface area contributed by atoms with E-state index in [-0.39, 0.29) is 12.4 Å². The molecule has 0 atom stereocenters. The van der Waals surface area contributed by atoms with Gasteiger partial charge in [0.2, 0.25) is 0 Å². The van der Waals surface area contributed by atoms with E-state index in [9.17, 15) is 0 Å². The maximum Gasteiger partial charge on any atom is 0.0991 e. The lowest BCUT2D eigenvalue weighted by Crippen LogP contribution is -2.26. The molecule has 0 aromatic heterocycles. The third-order valence-electron chi connectivity index (χ3n) is 3.82. The Kier molecular flexibility index (Phi) is 4.42. The van der Waals surface area contributed by atoms with E-state index >= 15 is 0 Å². The summed E-state index contributed by atoms with van der Waals surface area (Å²) in [7, 11) is 0. The average molecular weight is 273 g/mol. The third-order valence-corrected chi connectivity index (χ3v) is 3.82. The number of fused-ring (bicyclic) bond motifs is 1. The molecule has 0 spiro atoms. The molecule has 1 heterocycles. The van der Waals surface area contributed by atoms with Crippen LogP contribution in [0.2, 0.25) is 0 Å². The zero-order valence-corrected chi connectivity index (χ0v) is 11.5. The topological polar surface area (TPSA) is 35.8 Å². The third kappa shape index (κ3) is 2.73. The van der Waals surface area contributed by atoms with Crippen LogP contribution in [0.3, 0.4) is 0 Å². The number of hydrogen-bond donors (Lipinski definition) is 1. The largest absolute Gasteiger partial charge is 0.317 e. The van der Waals surface area contributed by atoms with Crippen LogP contribution in [0, 0.1) is 11.3 Å². The lowest BCUT2D eigenvalue weighted by Gasteiger charge is -2.24. The zero-order valence-electron chi connectivity index (χ0n) is 10.7. The van der Waals surface area contributed by atoms with Crippen molar-refractivity contribution in [1.29, 1.82) is 5.26 Å². The Morgan fingerprint density at radius 2 is 1.89 bits per heavy atom. The summed E-state index contributed by atoms with van der Waals surface area (Å²) < 4.78 is 0. The van der Waals surface area contributed by atoms with Crippen molar-refractivity contribution in [1.82, 2.24) is 5.32 Å². The summed E-state index contributed by atoms with van der Waals surface area (Å²) in [5.41, 5.74) is 2.18. The molecule has 1 N–H and O–H groups in total. The van der Waals surface area contributed by atoms with Gasteiger partial charge in [0.25, 0.3) is 0 Å². The molecule has 3 heteroatoms. The molecule has 0 radical (unpaired) electrons. The van der Waals surface area contributed by atoms with Crippen molar-refractivity contribution >= 4 is 23.2 Å². The highest BCUT2D eigenvalue weighted by molar-refractivity contribution is 5.87. The molecular weight excluding hydrogens is 256 g/mol. The van der Waals surface area contributed by atoms with Crippen molar-refractivity contribution in [2.75, 3.05) is 13.1 Å². The summed E-state index contributed by atoms with van der Waals surface area (Å²) in [5.74, 6) is 0.655. The Labute approximate surface area is 119 Å². The minimum atomic E-state index is 0. The highest BCUT2D eigenvalue weighted by atomic mass is 35.5. The number of nitrogens with zero attached hydrogens (tertiary/aromatic N) is 1. The molecule has 3 rings (SSSR count). The second kappa shape index (κ2) is 6.06. The standard InChI is InChI=1S/C16H16N2.ClH/c17-11-12-4-5-16-14(10-12)2-1-3-15(16)13-6-8-18-9-7-13;/h1-5,10,13,18H,6-9H2;1H. The van der Waals surface area contributed by atoms with Gasteiger partial charge in [0.05, 0.1) is 11.6 Å². The van der Waals surface area contributed by atoms with Crippen LogP contribution < -0.4 is 5.32 Å². The fraction of sp³-hybridized carbons (Fsp3) is 0.312. The number of benzene rings is 2. The molecule has 2 aromatic rings. The summed E-state index contributed by atoms with van der Waals surface area (Å²) in [5, 5.41) is 14.9. The Bertz CT molecular complexity index is 610. The first-order valence-corrected chi connectivity index (χ1v) is 6.52. The van der Waals surface area contributed by atoms with Crippen LogP contribution in [0.1, 0.15) is 29.9 Å². The number of hydrogen-bond acceptors (Lipinski definition) is 2. The van der Waals surface area contributed by atoms with Crippen molar-refractivity contribution in [2.45, 2.75) is 18.8 Å². The highest BCUT2D eigenvalue weighted by Gasteiger charge is 2.17. The molecule has 0 unspecified atom stereocenters. The lowest BCUT2D eigenvalue weighted by atomic mass is 9.87. The van der Waals surface area contributed by atoms with Crippen molar-refractivity contribution in [3.05, 3.63) is 47.5 Å². The van der Waals surface area contributed by atoms with Gasteiger partial charge in [0, 0.05) is 0 Å². The number of piperidine rings is 1. The van der Waals surface area contributed by atoms with Crippen LogP contribution in [-0.2, 0) is 0 Å². The molecule has 98 valence electrons. The Hall–Kier alpha value is -1.56. The molecule has 1 aliphatic heterocycles. The minimum absolute atomic E-state index is 0. The molecule has 1 aliphatic rings. The molecule has 0 bridgehead atoms. The van der Waals surface area contributed by atoms with Crippen LogP contribution in [0.25, 0.3) is 10.8 Å². The van der Waals surface area contributed by atoms with Gasteiger partial charge in [-0.25, -0.2) is 0 Å². The quantitative estimate of drug-likeness (QED) is 0.861. The van der Waals surface area contributed by atoms with Crippen LogP contribution in [0.4, 0.5) is 0 Å². The van der Waals surface area contributed by atoms with Gasteiger partial charge in [0.15, 0.2) is 0 Å². The zero-order chi connectivity index (χ0) is 12.4. The molecule has 1 fully saturated rings. The van der Waals surface area contributed by atoms with Gasteiger partial charge in [-0.15, -0.1) is 12.4 Å². The maximum absolute atomic E-state index is 8.96. The second-order valence-electron chi connectivity index (χ2n) is 4.92. The predicted octanol–water partition coefficient (Wildman–Crippen LogP) is 3.60. The Morgan fingerprint density at radius 1 is 1.11 bits per heavy atom. The number of rotatable bonds is 1. The summed E-state index contributed by atoms with van der Waals surface area (Å²) in [4.78, 5) is 0. The second-order valence-corrected chi connectivity index (χ2v) is 4.92. The molecular formula is C16H17ClN2. The summed E-state index contributed by atoms with van der Waals surface area (Å²) in [6.45, 7) is 2.22. The number of nitrogens with one attached hydrogen (secondary N) is 1. The van der Waals surface area contributed by atoms with Gasteiger partial charge in [0.1, 0.15) is 0 Å². The molecule has 0 saturated carbocycles. The molecule has 1 saturated heterocycles. The number of halogens is 1. The average Bonchev–Trinajstić information content (AvgIpc) is 2.47. The highest BCUT2D eigenvalue weighted by Crippen LogP contribution is 2.31. The van der Waals surface area contributed by atoms with Crippen LogP contribution in [-0.4, -0.2) is 13.1 Å². The molecule has 0 aliphatic carbocycles. The van der Waals surface area contributed by atoms with Crippen molar-refractivity contribution in [2.24, 2.45) is 0 Å². The lowest BCUT2D eigenvalue weighted by molar-refractivity contribution is 0.462. The monoisotopic (exact) mass is 272 g/mol. The summed E-state index contributed by atoms with van der Waals surface area (Å²) in [6.07, 6.45) is 2.41. The van der Waals surface area contributed by atoms with Gasteiger partial charge >= 0.3 is 0 Å². The van der Waals surface area contributed by atoms with E-state index in [1.807, 2.05) is 12.1 Å². The van der Waals surface area contributed by atoms with E-state index in [2.05, 4.69) is 35.7 Å². The van der Waals surface area contributed by atoms with E-state index in [1.54, 1.807) is 0 Å². The van der Waals surface area contributed by atoms with Gasteiger partial charge in [-0.1, -0.05) is 24.3 Å². The van der Waals surface area contributed by atoms with Gasteiger partial charge in [-0.3, -0.25) is 0 Å². The number of nitriles is 1. The first-order valence-electron chi connectivity index (χ1n) is 6.52. The SMILES string of the molecule is Cl.N#Cc1ccc2c(C3CCNCC3)cccc2c1. The molecule has 2 nitrogen and oxygen atoms in total. The van der Waals surface area contributed by atoms with Crippen molar-refractivity contribution < 1.29 is 0 Å². The minimum Gasteiger partial charge on any atom is -0.317 e. The van der Waals surface area contributed by atoms with E-state index in [0.29, 0.717) is 5.92 Å². The summed E-state index contributed by atoms with van der Waals surface area (Å²) >= 11 is 0. The molecule has 2 aromatic carbocycles. The maximum atomic E-state index is 8.96. The van der Waals surface area contributed by atoms with Crippen LogP contribution in [0.15, 0.2) is 36.4 Å². The first-order chi connectivity index (χ1) is 8.88. The van der Waals surface area contributed by atoms with E-state index < -0.39 is 0 Å². The van der Waals surface area contributed by atoms with E-state index in [4.69, 9.17) is 5.26 Å². The van der Waals surface area contributed by atoms with Crippen LogP contribution >= 0.6 is 12.4 Å². The van der Waals surface area contributed by atoms with Gasteiger partial charge < -0.3 is 5.32 Å². The van der Waals surface area contributed by atoms with Gasteiger partial charge in [-0.05, 0) is 60.3 Å². The van der Waals surface area contributed by atoms with Crippen LogP contribution in [0.5, 0.6) is 0 Å². The van der Waals surface area contributed by atoms with Gasteiger partial charge in [-0.2, -0.15) is 5.26 Å². The van der Waals surface area contributed by atoms with E-state index in [1.165, 1.54) is 29.2 Å². The fourth-order valence-corrected chi connectivity index (χ4v) is 2.87. The Balaban J connectivity index is 0.00000133. The fourth-order valence-electron chi connectivity index (χ4n) is 2.87. The Morgan fingerprint density at radius 3 is 2.63 bits per heavy atom. The first kappa shape index (κ1) is 13.9. The summed E-state index contributed by atoms with van der Waals surface area (Å²) in [6, 6.07) is 14.7. The normalized spacial score (nSPS) is 15.7. The molecule has 0 amide bonds. The van der Waals surface area contributed by atoms with E-state index in [0.717, 1.165) is 18.7 Å². The smallest absolute Gasteiger partial charge is 0.0991 e. The predicted molar refractivity (Wildman–Crippen MR) is 80.8 cm³/mol. The molecule has 19 heavy (non-hydrogen) atoms.